The van der Waals surface area contributed by atoms with Crippen molar-refractivity contribution in [1.29, 1.82) is 5.26 Å². The van der Waals surface area contributed by atoms with E-state index in [4.69, 9.17) is 16.3 Å². The van der Waals surface area contributed by atoms with Gasteiger partial charge < -0.3 is 15.4 Å². The number of unbranched alkanes of at least 4 members (excludes halogenated alkanes) is 3. The van der Waals surface area contributed by atoms with Crippen molar-refractivity contribution in [3.8, 4) is 17.2 Å². The molecule has 0 unspecified atom stereocenters. The number of amides is 1. The van der Waals surface area contributed by atoms with E-state index < -0.39 is 6.09 Å². The third-order valence-corrected chi connectivity index (χ3v) is 7.37. The Kier molecular flexibility index (Phi) is 8.70. The van der Waals surface area contributed by atoms with Gasteiger partial charge >= 0.3 is 6.09 Å². The minimum Gasteiger partial charge on any atom is -0.448 e. The molecule has 0 radical (unpaired) electrons. The maximum atomic E-state index is 13.2. The number of nitriles is 1. The molecular formula is C29H34ClN5O3. The number of carbonyl (C=O) groups excluding carboxylic acids is 2. The fourth-order valence-electron chi connectivity index (χ4n) is 4.65. The zero-order valence-electron chi connectivity index (χ0n) is 22.1. The van der Waals surface area contributed by atoms with Gasteiger partial charge in [0.2, 0.25) is 5.91 Å². The van der Waals surface area contributed by atoms with Crippen molar-refractivity contribution in [1.82, 2.24) is 15.1 Å². The predicted molar refractivity (Wildman–Crippen MR) is 149 cm³/mol. The van der Waals surface area contributed by atoms with Gasteiger partial charge in [0, 0.05) is 28.1 Å². The molecule has 38 heavy (non-hydrogen) atoms. The molecule has 1 aliphatic rings. The minimum absolute atomic E-state index is 0.00191. The van der Waals surface area contributed by atoms with Gasteiger partial charge in [-0.1, -0.05) is 43.9 Å². The fourth-order valence-corrected chi connectivity index (χ4v) is 4.88. The molecule has 0 saturated carbocycles. The van der Waals surface area contributed by atoms with E-state index in [9.17, 15) is 14.9 Å². The number of carbonyl (C=O) groups is 2. The van der Waals surface area contributed by atoms with Crippen LogP contribution in [0.3, 0.4) is 0 Å². The zero-order chi connectivity index (χ0) is 27.3. The maximum absolute atomic E-state index is 13.2. The van der Waals surface area contributed by atoms with Crippen LogP contribution in [0.2, 0.25) is 5.02 Å². The molecule has 0 spiro atoms. The number of hydrogen-bond donors (Lipinski definition) is 2. The summed E-state index contributed by atoms with van der Waals surface area (Å²) >= 11 is 6.46. The van der Waals surface area contributed by atoms with Crippen LogP contribution < -0.4 is 10.6 Å². The molecule has 1 saturated heterocycles. The van der Waals surface area contributed by atoms with Crippen LogP contribution in [0.1, 0.15) is 64.9 Å². The van der Waals surface area contributed by atoms with Gasteiger partial charge in [0.25, 0.3) is 0 Å². The lowest BCUT2D eigenvalue weighted by Gasteiger charge is -2.35. The van der Waals surface area contributed by atoms with E-state index in [1.54, 1.807) is 24.3 Å². The average Bonchev–Trinajstić information content (AvgIpc) is 3.26. The standard InChI is InChI=1S/C29H34ClN5O3/c1-4-5-6-7-14-38-28(37)35-25-11-9-20(22-15-19(17-31)8-10-24(22)30)16-23(25)26(34-35)33-27(36)21-12-13-29(2,3)32-18-21/h8-11,15-16,21,32H,4-7,12-14,18H2,1-3H3,(H,33,34,36)/t21-/m1/s1. The van der Waals surface area contributed by atoms with Crippen LogP contribution in [0.5, 0.6) is 0 Å². The quantitative estimate of drug-likeness (QED) is 0.318. The molecule has 2 heterocycles. The first-order valence-corrected chi connectivity index (χ1v) is 13.6. The average molecular weight is 536 g/mol. The molecule has 1 amide bonds. The lowest BCUT2D eigenvalue weighted by atomic mass is 9.86. The smallest absolute Gasteiger partial charge is 0.435 e. The van der Waals surface area contributed by atoms with Gasteiger partial charge in [-0.2, -0.15) is 9.94 Å². The molecule has 3 aromatic rings. The third kappa shape index (κ3) is 6.35. The molecule has 9 heteroatoms. The van der Waals surface area contributed by atoms with Crippen molar-refractivity contribution in [2.24, 2.45) is 5.92 Å². The lowest BCUT2D eigenvalue weighted by Crippen LogP contribution is -2.49. The SMILES string of the molecule is CCCCCCOC(=O)n1nc(NC(=O)[C@@H]2CCC(C)(C)NC2)c2cc(-c3cc(C#N)ccc3Cl)ccc21. The number of nitrogens with zero attached hydrogens (tertiary/aromatic N) is 3. The van der Waals surface area contributed by atoms with Crippen molar-refractivity contribution in [2.75, 3.05) is 18.5 Å². The predicted octanol–water partition coefficient (Wildman–Crippen LogP) is 6.51. The molecule has 200 valence electrons. The molecule has 1 aliphatic heterocycles. The van der Waals surface area contributed by atoms with Crippen LogP contribution >= 0.6 is 11.6 Å². The minimum atomic E-state index is -0.592. The lowest BCUT2D eigenvalue weighted by molar-refractivity contribution is -0.120. The van der Waals surface area contributed by atoms with Crippen molar-refractivity contribution in [3.05, 3.63) is 47.0 Å². The first kappa shape index (κ1) is 27.6. The van der Waals surface area contributed by atoms with Crippen molar-refractivity contribution in [2.45, 2.75) is 64.8 Å². The number of halogens is 1. The molecule has 4 rings (SSSR count). The highest BCUT2D eigenvalue weighted by molar-refractivity contribution is 6.33. The summed E-state index contributed by atoms with van der Waals surface area (Å²) in [5, 5.41) is 21.3. The Morgan fingerprint density at radius 2 is 2.05 bits per heavy atom. The molecule has 0 aliphatic carbocycles. The molecule has 0 bridgehead atoms. The first-order chi connectivity index (χ1) is 18.2. The van der Waals surface area contributed by atoms with E-state index in [1.807, 2.05) is 12.1 Å². The highest BCUT2D eigenvalue weighted by Crippen LogP contribution is 2.34. The number of ether oxygens (including phenoxy) is 1. The van der Waals surface area contributed by atoms with Gasteiger partial charge in [0.1, 0.15) is 0 Å². The fraction of sp³-hybridized carbons (Fsp3) is 0.448. The summed E-state index contributed by atoms with van der Waals surface area (Å²) in [6.07, 6.45) is 5.00. The monoisotopic (exact) mass is 535 g/mol. The number of aromatic nitrogens is 2. The Balaban J connectivity index is 1.66. The van der Waals surface area contributed by atoms with E-state index >= 15 is 0 Å². The molecule has 2 N–H and O–H groups in total. The van der Waals surface area contributed by atoms with Crippen LogP contribution in [0.25, 0.3) is 22.0 Å². The summed E-state index contributed by atoms with van der Waals surface area (Å²) in [6, 6.07) is 12.6. The molecule has 1 aromatic heterocycles. The van der Waals surface area contributed by atoms with Crippen LogP contribution in [0, 0.1) is 17.2 Å². The normalized spacial score (nSPS) is 16.7. The number of fused-ring (bicyclic) bond motifs is 1. The number of hydrogen-bond acceptors (Lipinski definition) is 6. The Morgan fingerprint density at radius 3 is 2.76 bits per heavy atom. The van der Waals surface area contributed by atoms with Crippen LogP contribution in [0.15, 0.2) is 36.4 Å². The maximum Gasteiger partial charge on any atom is 0.435 e. The second-order valence-electron chi connectivity index (χ2n) is 10.5. The second kappa shape index (κ2) is 12.0. The number of nitrogens with one attached hydrogen (secondary N) is 2. The van der Waals surface area contributed by atoms with Gasteiger partial charge in [0.15, 0.2) is 5.82 Å². The Hall–Kier alpha value is -3.41. The van der Waals surface area contributed by atoms with Gasteiger partial charge in [-0.3, -0.25) is 4.79 Å². The number of anilines is 1. The van der Waals surface area contributed by atoms with Crippen molar-refractivity contribution < 1.29 is 14.3 Å². The summed E-state index contributed by atoms with van der Waals surface area (Å²) in [5.41, 5.74) is 2.41. The van der Waals surface area contributed by atoms with Gasteiger partial charge in [-0.15, -0.1) is 5.10 Å². The molecular weight excluding hydrogens is 502 g/mol. The summed E-state index contributed by atoms with van der Waals surface area (Å²) in [5.74, 6) is -0.0757. The summed E-state index contributed by atoms with van der Waals surface area (Å²) in [6.45, 7) is 7.25. The third-order valence-electron chi connectivity index (χ3n) is 7.04. The summed E-state index contributed by atoms with van der Waals surface area (Å²) in [7, 11) is 0. The Labute approximate surface area is 228 Å². The van der Waals surface area contributed by atoms with E-state index in [1.165, 1.54) is 4.68 Å². The van der Waals surface area contributed by atoms with Gasteiger partial charge in [-0.05, 0) is 69.0 Å². The first-order valence-electron chi connectivity index (χ1n) is 13.2. The van der Waals surface area contributed by atoms with Gasteiger partial charge in [-0.25, -0.2) is 4.79 Å². The summed E-state index contributed by atoms with van der Waals surface area (Å²) < 4.78 is 6.68. The number of benzene rings is 2. The molecule has 1 atom stereocenters. The van der Waals surface area contributed by atoms with E-state index in [2.05, 4.69) is 42.6 Å². The molecule has 2 aromatic carbocycles. The van der Waals surface area contributed by atoms with E-state index in [0.717, 1.165) is 44.1 Å². The Bertz CT molecular complexity index is 1360. The van der Waals surface area contributed by atoms with Crippen LogP contribution in [0.4, 0.5) is 10.6 Å². The van der Waals surface area contributed by atoms with E-state index in [0.29, 0.717) is 40.2 Å². The Morgan fingerprint density at radius 1 is 1.24 bits per heavy atom. The van der Waals surface area contributed by atoms with Crippen LogP contribution in [-0.2, 0) is 9.53 Å². The van der Waals surface area contributed by atoms with E-state index in [-0.39, 0.29) is 23.2 Å². The van der Waals surface area contributed by atoms with Crippen molar-refractivity contribution in [3.63, 3.8) is 0 Å². The summed E-state index contributed by atoms with van der Waals surface area (Å²) in [4.78, 5) is 26.1. The molecule has 1 fully saturated rings. The highest BCUT2D eigenvalue weighted by atomic mass is 35.5. The van der Waals surface area contributed by atoms with Crippen molar-refractivity contribution >= 4 is 40.3 Å². The largest absolute Gasteiger partial charge is 0.448 e. The number of rotatable bonds is 8. The zero-order valence-corrected chi connectivity index (χ0v) is 22.9. The second-order valence-corrected chi connectivity index (χ2v) is 10.9. The highest BCUT2D eigenvalue weighted by Gasteiger charge is 2.31. The molecule has 8 nitrogen and oxygen atoms in total. The van der Waals surface area contributed by atoms with Crippen LogP contribution in [-0.4, -0.2) is 40.5 Å². The topological polar surface area (TPSA) is 109 Å². The number of piperidine rings is 1. The van der Waals surface area contributed by atoms with Gasteiger partial charge in [0.05, 0.1) is 29.7 Å².